The lowest BCUT2D eigenvalue weighted by atomic mass is 10.0. The predicted molar refractivity (Wildman–Crippen MR) is 98.4 cm³/mol. The molecular weight excluding hydrogens is 316 g/mol. The highest BCUT2D eigenvalue weighted by molar-refractivity contribution is 5.74. The highest BCUT2D eigenvalue weighted by Gasteiger charge is 2.14. The van der Waals surface area contributed by atoms with Gasteiger partial charge in [0.05, 0.1) is 11.7 Å². The van der Waals surface area contributed by atoms with E-state index in [1.165, 1.54) is 11.3 Å². The molecule has 0 unspecified atom stereocenters. The number of aliphatic hydroxyl groups excluding tert-OH is 1. The third-order valence-electron chi connectivity index (χ3n) is 4.47. The molecule has 2 amide bonds. The van der Waals surface area contributed by atoms with Crippen molar-refractivity contribution in [2.75, 3.05) is 13.2 Å². The molecule has 0 fully saturated rings. The number of hydrogen-bond donors (Lipinski definition) is 3. The van der Waals surface area contributed by atoms with Gasteiger partial charge in [0, 0.05) is 25.9 Å². The quantitative estimate of drug-likeness (QED) is 0.643. The van der Waals surface area contributed by atoms with Crippen LogP contribution in [0.1, 0.15) is 41.4 Å². The van der Waals surface area contributed by atoms with Crippen LogP contribution in [0.4, 0.5) is 4.79 Å². The summed E-state index contributed by atoms with van der Waals surface area (Å²) < 4.78 is 1.89. The maximum absolute atomic E-state index is 12.1. The van der Waals surface area contributed by atoms with Gasteiger partial charge in [-0.05, 0) is 44.2 Å². The lowest BCUT2D eigenvalue weighted by Gasteiger charge is -2.18. The van der Waals surface area contributed by atoms with Crippen LogP contribution in [0.3, 0.4) is 0 Å². The summed E-state index contributed by atoms with van der Waals surface area (Å²) >= 11 is 0. The highest BCUT2D eigenvalue weighted by Crippen LogP contribution is 2.16. The van der Waals surface area contributed by atoms with Crippen LogP contribution in [-0.4, -0.2) is 34.1 Å². The average molecular weight is 344 g/mol. The van der Waals surface area contributed by atoms with E-state index in [2.05, 4.69) is 22.7 Å². The molecule has 1 aromatic carbocycles. The van der Waals surface area contributed by atoms with Crippen LogP contribution >= 0.6 is 0 Å². The van der Waals surface area contributed by atoms with Gasteiger partial charge in [-0.3, -0.25) is 4.68 Å². The van der Waals surface area contributed by atoms with Crippen LogP contribution < -0.4 is 10.6 Å². The minimum absolute atomic E-state index is 0.0272. The minimum Gasteiger partial charge on any atom is -0.396 e. The molecule has 6 heteroatoms. The molecule has 1 atom stereocenters. The summed E-state index contributed by atoms with van der Waals surface area (Å²) in [4.78, 5) is 12.1. The van der Waals surface area contributed by atoms with E-state index in [0.29, 0.717) is 13.0 Å². The van der Waals surface area contributed by atoms with Crippen molar-refractivity contribution in [1.82, 2.24) is 20.4 Å². The molecule has 0 aliphatic carbocycles. The van der Waals surface area contributed by atoms with Crippen molar-refractivity contribution in [2.24, 2.45) is 7.05 Å². The number of urea groups is 1. The smallest absolute Gasteiger partial charge is 0.315 e. The van der Waals surface area contributed by atoms with E-state index in [4.69, 9.17) is 0 Å². The number of aliphatic hydroxyl groups is 1. The van der Waals surface area contributed by atoms with Crippen molar-refractivity contribution in [3.8, 4) is 0 Å². The number of carbonyl (C=O) groups is 1. The molecule has 136 valence electrons. The summed E-state index contributed by atoms with van der Waals surface area (Å²) in [5.41, 5.74) is 4.48. The van der Waals surface area contributed by atoms with Gasteiger partial charge in [-0.15, -0.1) is 0 Å². The number of benzene rings is 1. The maximum Gasteiger partial charge on any atom is 0.315 e. The third-order valence-corrected chi connectivity index (χ3v) is 4.47. The number of amides is 2. The molecule has 25 heavy (non-hydrogen) atoms. The fourth-order valence-corrected chi connectivity index (χ4v) is 2.99. The zero-order valence-electron chi connectivity index (χ0n) is 15.2. The van der Waals surface area contributed by atoms with Crippen LogP contribution in [0, 0.1) is 13.8 Å². The predicted octanol–water partition coefficient (Wildman–Crippen LogP) is 2.39. The Labute approximate surface area is 149 Å². The van der Waals surface area contributed by atoms with Gasteiger partial charge in [0.15, 0.2) is 0 Å². The number of aryl methyl sites for hydroxylation is 2. The van der Waals surface area contributed by atoms with Gasteiger partial charge in [0.2, 0.25) is 0 Å². The molecule has 0 saturated heterocycles. The molecule has 0 spiro atoms. The summed E-state index contributed by atoms with van der Waals surface area (Å²) in [6.45, 7) is 4.70. The van der Waals surface area contributed by atoms with Crippen LogP contribution in [0.5, 0.6) is 0 Å². The first-order chi connectivity index (χ1) is 12.0. The molecule has 1 aromatic heterocycles. The van der Waals surface area contributed by atoms with E-state index < -0.39 is 0 Å². The van der Waals surface area contributed by atoms with E-state index in [1.54, 1.807) is 0 Å². The van der Waals surface area contributed by atoms with E-state index in [0.717, 1.165) is 24.1 Å². The summed E-state index contributed by atoms with van der Waals surface area (Å²) in [6, 6.07) is 9.30. The first-order valence-corrected chi connectivity index (χ1v) is 8.72. The second-order valence-corrected chi connectivity index (χ2v) is 6.25. The Balaban J connectivity index is 1.79. The molecule has 1 heterocycles. The van der Waals surface area contributed by atoms with Crippen molar-refractivity contribution in [3.63, 3.8) is 0 Å². The van der Waals surface area contributed by atoms with Gasteiger partial charge in [0.1, 0.15) is 0 Å². The largest absolute Gasteiger partial charge is 0.396 e. The molecule has 3 N–H and O–H groups in total. The number of nitrogens with zero attached hydrogens (tertiary/aromatic N) is 2. The third kappa shape index (κ3) is 5.32. The molecular formula is C19H28N4O2. The molecule has 0 aliphatic heterocycles. The van der Waals surface area contributed by atoms with Gasteiger partial charge in [-0.25, -0.2) is 4.79 Å². The van der Waals surface area contributed by atoms with Crippen molar-refractivity contribution < 1.29 is 9.90 Å². The lowest BCUT2D eigenvalue weighted by molar-refractivity contribution is 0.229. The van der Waals surface area contributed by atoms with Crippen LogP contribution in [-0.2, 0) is 13.5 Å². The molecule has 0 bridgehead atoms. The van der Waals surface area contributed by atoms with Crippen LogP contribution in [0.15, 0.2) is 30.3 Å². The maximum atomic E-state index is 12.1. The number of nitrogens with one attached hydrogen (secondary N) is 2. The number of aromatic nitrogens is 2. The zero-order chi connectivity index (χ0) is 18.2. The number of rotatable bonds is 8. The van der Waals surface area contributed by atoms with Crippen LogP contribution in [0.2, 0.25) is 0 Å². The van der Waals surface area contributed by atoms with Crippen molar-refractivity contribution in [3.05, 3.63) is 52.8 Å². The molecule has 0 radical (unpaired) electrons. The lowest BCUT2D eigenvalue weighted by Crippen LogP contribution is -2.38. The molecule has 2 aromatic rings. The standard InChI is InChI=1S/C19H28N4O2/c1-14-17(15(2)23(3)22-14)10-7-12-20-19(25)21-18(11-13-24)16-8-5-4-6-9-16/h4-6,8-9,18,24H,7,10-13H2,1-3H3,(H2,20,21,25)/t18-/m1/s1. The Bertz CT molecular complexity index is 682. The Morgan fingerprint density at radius 3 is 2.60 bits per heavy atom. The zero-order valence-corrected chi connectivity index (χ0v) is 15.2. The van der Waals surface area contributed by atoms with Gasteiger partial charge in [0.25, 0.3) is 0 Å². The monoisotopic (exact) mass is 344 g/mol. The Hall–Kier alpha value is -2.34. The number of hydrogen-bond acceptors (Lipinski definition) is 3. The fraction of sp³-hybridized carbons (Fsp3) is 0.474. The summed E-state index contributed by atoms with van der Waals surface area (Å²) in [5, 5.41) is 19.5. The average Bonchev–Trinajstić information content (AvgIpc) is 2.84. The minimum atomic E-state index is -0.207. The van der Waals surface area contributed by atoms with Crippen molar-refractivity contribution >= 4 is 6.03 Å². The van der Waals surface area contributed by atoms with E-state index in [-0.39, 0.29) is 18.7 Å². The molecule has 0 saturated carbocycles. The Morgan fingerprint density at radius 1 is 1.28 bits per heavy atom. The van der Waals surface area contributed by atoms with Gasteiger partial charge in [-0.1, -0.05) is 30.3 Å². The van der Waals surface area contributed by atoms with E-state index in [1.807, 2.05) is 49.0 Å². The van der Waals surface area contributed by atoms with Gasteiger partial charge in [-0.2, -0.15) is 5.10 Å². The van der Waals surface area contributed by atoms with E-state index in [9.17, 15) is 9.90 Å². The molecule has 6 nitrogen and oxygen atoms in total. The number of carbonyl (C=O) groups excluding carboxylic acids is 1. The molecule has 0 aliphatic rings. The second-order valence-electron chi connectivity index (χ2n) is 6.25. The van der Waals surface area contributed by atoms with Gasteiger partial charge < -0.3 is 15.7 Å². The van der Waals surface area contributed by atoms with Crippen molar-refractivity contribution in [1.29, 1.82) is 0 Å². The normalized spacial score (nSPS) is 12.0. The Morgan fingerprint density at radius 2 is 2.00 bits per heavy atom. The summed E-state index contributed by atoms with van der Waals surface area (Å²) in [7, 11) is 1.95. The summed E-state index contributed by atoms with van der Waals surface area (Å²) in [6.07, 6.45) is 2.24. The first kappa shape index (κ1) is 19.0. The topological polar surface area (TPSA) is 79.2 Å². The summed E-state index contributed by atoms with van der Waals surface area (Å²) in [5.74, 6) is 0. The fourth-order valence-electron chi connectivity index (χ4n) is 2.99. The molecule has 2 rings (SSSR count). The highest BCUT2D eigenvalue weighted by atomic mass is 16.3. The Kier molecular flexibility index (Phi) is 7.01. The van der Waals surface area contributed by atoms with Crippen LogP contribution in [0.25, 0.3) is 0 Å². The first-order valence-electron chi connectivity index (χ1n) is 8.72. The SMILES string of the molecule is Cc1nn(C)c(C)c1CCCNC(=O)N[C@H](CCO)c1ccccc1. The van der Waals surface area contributed by atoms with Gasteiger partial charge >= 0.3 is 6.03 Å². The second kappa shape index (κ2) is 9.22. The van der Waals surface area contributed by atoms with Crippen molar-refractivity contribution in [2.45, 2.75) is 39.2 Å². The van der Waals surface area contributed by atoms with E-state index >= 15 is 0 Å².